The van der Waals surface area contributed by atoms with Crippen LogP contribution >= 0.6 is 24.8 Å². The van der Waals surface area contributed by atoms with Crippen LogP contribution in [-0.4, -0.2) is 30.6 Å². The van der Waals surface area contributed by atoms with E-state index in [2.05, 4.69) is 15.6 Å². The van der Waals surface area contributed by atoms with Gasteiger partial charge >= 0.3 is 0 Å². The van der Waals surface area contributed by atoms with E-state index < -0.39 is 0 Å². The van der Waals surface area contributed by atoms with Gasteiger partial charge in [-0.3, -0.25) is 4.79 Å². The Morgan fingerprint density at radius 3 is 2.72 bits per heavy atom. The Kier molecular flexibility index (Phi) is 10.2. The molecule has 3 rings (SSSR count). The molecular weight excluding hydrogens is 361 g/mol. The zero-order valence-electron chi connectivity index (χ0n) is 14.5. The molecule has 0 aromatic carbocycles. The van der Waals surface area contributed by atoms with E-state index in [9.17, 15) is 4.79 Å². The topological polar surface area (TPSA) is 63.2 Å². The third-order valence-corrected chi connectivity index (χ3v) is 4.88. The van der Waals surface area contributed by atoms with Crippen LogP contribution in [0.2, 0.25) is 0 Å². The molecule has 7 heteroatoms. The van der Waals surface area contributed by atoms with Crippen molar-refractivity contribution >= 4 is 36.5 Å². The second-order valence-electron chi connectivity index (χ2n) is 6.70. The van der Waals surface area contributed by atoms with Crippen LogP contribution in [0.15, 0.2) is 18.3 Å². The number of piperidine rings is 1. The summed E-state index contributed by atoms with van der Waals surface area (Å²) in [5, 5.41) is 6.22. The normalized spacial score (nSPS) is 20.7. The van der Waals surface area contributed by atoms with E-state index in [4.69, 9.17) is 4.74 Å². The van der Waals surface area contributed by atoms with Crippen molar-refractivity contribution in [2.45, 2.75) is 44.9 Å². The first-order valence-corrected chi connectivity index (χ1v) is 8.92. The predicted molar refractivity (Wildman–Crippen MR) is 105 cm³/mol. The fourth-order valence-electron chi connectivity index (χ4n) is 3.46. The largest absolute Gasteiger partial charge is 0.489 e. The van der Waals surface area contributed by atoms with Gasteiger partial charge in [0.05, 0.1) is 12.5 Å². The summed E-state index contributed by atoms with van der Waals surface area (Å²) in [5.74, 6) is 1.94. The zero-order valence-corrected chi connectivity index (χ0v) is 16.2. The first kappa shape index (κ1) is 22.0. The molecule has 2 fully saturated rings. The number of hydrogen-bond acceptors (Lipinski definition) is 4. The molecular formula is C18H29Cl2N3O2. The van der Waals surface area contributed by atoms with E-state index in [1.165, 1.54) is 32.1 Å². The molecule has 2 heterocycles. The molecule has 1 unspecified atom stereocenters. The minimum absolute atomic E-state index is 0. The fraction of sp³-hybridized carbons (Fsp3) is 0.667. The molecule has 1 atom stereocenters. The number of halogens is 2. The maximum absolute atomic E-state index is 12.4. The lowest BCUT2D eigenvalue weighted by molar-refractivity contribution is -0.120. The standard InChI is InChI=1S/C18H27N3O2.2ClH/c22-18(15-8-4-10-19-12-15)21-17-16(9-5-11-20-17)23-13-14-6-2-1-3-7-14;;/h5,9,11,14-15,19H,1-4,6-8,10,12-13H2,(H,20,21,22);2*1H. The molecule has 2 aliphatic rings. The smallest absolute Gasteiger partial charge is 0.230 e. The average Bonchev–Trinajstić information content (AvgIpc) is 2.62. The van der Waals surface area contributed by atoms with Gasteiger partial charge in [-0.1, -0.05) is 19.3 Å². The number of nitrogens with one attached hydrogen (secondary N) is 2. The number of aromatic nitrogens is 1. The zero-order chi connectivity index (χ0) is 15.9. The number of amides is 1. The van der Waals surface area contributed by atoms with Crippen LogP contribution in [0.5, 0.6) is 5.75 Å². The first-order chi connectivity index (χ1) is 11.3. The highest BCUT2D eigenvalue weighted by Gasteiger charge is 2.22. The molecule has 1 saturated carbocycles. The van der Waals surface area contributed by atoms with Gasteiger partial charge in [-0.15, -0.1) is 24.8 Å². The highest BCUT2D eigenvalue weighted by Crippen LogP contribution is 2.27. The number of ether oxygens (including phenoxy) is 1. The van der Waals surface area contributed by atoms with Crippen molar-refractivity contribution in [3.8, 4) is 5.75 Å². The van der Waals surface area contributed by atoms with Gasteiger partial charge < -0.3 is 15.4 Å². The van der Waals surface area contributed by atoms with Crippen molar-refractivity contribution in [3.63, 3.8) is 0 Å². The summed E-state index contributed by atoms with van der Waals surface area (Å²) in [4.78, 5) is 16.7. The van der Waals surface area contributed by atoms with Crippen molar-refractivity contribution in [1.82, 2.24) is 10.3 Å². The number of nitrogens with zero attached hydrogens (tertiary/aromatic N) is 1. The highest BCUT2D eigenvalue weighted by atomic mass is 35.5. The second kappa shape index (κ2) is 11.6. The van der Waals surface area contributed by atoms with Crippen LogP contribution in [0.4, 0.5) is 5.82 Å². The molecule has 1 aromatic heterocycles. The van der Waals surface area contributed by atoms with Gasteiger partial charge in [0.1, 0.15) is 0 Å². The molecule has 0 bridgehead atoms. The summed E-state index contributed by atoms with van der Waals surface area (Å²) in [6.45, 7) is 2.47. The molecule has 1 aromatic rings. The van der Waals surface area contributed by atoms with Gasteiger partial charge in [-0.2, -0.15) is 0 Å². The van der Waals surface area contributed by atoms with E-state index in [0.717, 1.165) is 32.5 Å². The Balaban J connectivity index is 0.00000156. The highest BCUT2D eigenvalue weighted by molar-refractivity contribution is 5.93. The third-order valence-electron chi connectivity index (χ3n) is 4.88. The Labute approximate surface area is 162 Å². The molecule has 0 radical (unpaired) electrons. The average molecular weight is 390 g/mol. The summed E-state index contributed by atoms with van der Waals surface area (Å²) in [6, 6.07) is 3.75. The van der Waals surface area contributed by atoms with Crippen LogP contribution in [0.3, 0.4) is 0 Å². The Bertz CT molecular complexity index is 519. The summed E-state index contributed by atoms with van der Waals surface area (Å²) in [6.07, 6.45) is 10.1. The van der Waals surface area contributed by atoms with Gasteiger partial charge in [0.2, 0.25) is 5.91 Å². The summed E-state index contributed by atoms with van der Waals surface area (Å²) in [5.41, 5.74) is 0. The Hall–Kier alpha value is -1.04. The van der Waals surface area contributed by atoms with E-state index >= 15 is 0 Å². The van der Waals surface area contributed by atoms with E-state index in [1.54, 1.807) is 6.20 Å². The number of carbonyl (C=O) groups excluding carboxylic acids is 1. The third kappa shape index (κ3) is 6.65. The van der Waals surface area contributed by atoms with Gasteiger partial charge in [0.15, 0.2) is 11.6 Å². The second-order valence-corrected chi connectivity index (χ2v) is 6.70. The predicted octanol–water partition coefficient (Wildman–Crippen LogP) is 3.82. The summed E-state index contributed by atoms with van der Waals surface area (Å²) < 4.78 is 5.97. The number of anilines is 1. The van der Waals surface area contributed by atoms with Crippen molar-refractivity contribution in [2.24, 2.45) is 11.8 Å². The van der Waals surface area contributed by atoms with E-state index in [1.807, 2.05) is 12.1 Å². The van der Waals surface area contributed by atoms with Gasteiger partial charge in [0, 0.05) is 12.7 Å². The van der Waals surface area contributed by atoms with Gasteiger partial charge in [-0.05, 0) is 50.3 Å². The van der Waals surface area contributed by atoms with Gasteiger partial charge in [0.25, 0.3) is 0 Å². The van der Waals surface area contributed by atoms with Crippen LogP contribution < -0.4 is 15.4 Å². The van der Waals surface area contributed by atoms with Crippen LogP contribution in [-0.2, 0) is 4.79 Å². The Morgan fingerprint density at radius 2 is 2.00 bits per heavy atom. The van der Waals surface area contributed by atoms with E-state index in [-0.39, 0.29) is 36.6 Å². The fourth-order valence-corrected chi connectivity index (χ4v) is 3.46. The number of carbonyl (C=O) groups is 1. The first-order valence-electron chi connectivity index (χ1n) is 8.92. The molecule has 1 aliphatic carbocycles. The SMILES string of the molecule is Cl.Cl.O=C(Nc1ncccc1OCC1CCCCC1)C1CCCNC1. The van der Waals surface area contributed by atoms with Crippen molar-refractivity contribution < 1.29 is 9.53 Å². The summed E-state index contributed by atoms with van der Waals surface area (Å²) >= 11 is 0. The molecule has 1 saturated heterocycles. The molecule has 142 valence electrons. The van der Waals surface area contributed by atoms with Crippen molar-refractivity contribution in [3.05, 3.63) is 18.3 Å². The molecule has 0 spiro atoms. The lowest BCUT2D eigenvalue weighted by Gasteiger charge is -2.23. The van der Waals surface area contributed by atoms with Gasteiger partial charge in [-0.25, -0.2) is 4.98 Å². The van der Waals surface area contributed by atoms with Crippen molar-refractivity contribution in [2.75, 3.05) is 25.0 Å². The summed E-state index contributed by atoms with van der Waals surface area (Å²) in [7, 11) is 0. The number of pyridine rings is 1. The molecule has 1 amide bonds. The van der Waals surface area contributed by atoms with E-state index in [0.29, 0.717) is 17.5 Å². The van der Waals surface area contributed by atoms with Crippen molar-refractivity contribution in [1.29, 1.82) is 0 Å². The Morgan fingerprint density at radius 1 is 1.20 bits per heavy atom. The lowest BCUT2D eigenvalue weighted by Crippen LogP contribution is -2.37. The molecule has 1 aliphatic heterocycles. The molecule has 5 nitrogen and oxygen atoms in total. The maximum Gasteiger partial charge on any atom is 0.230 e. The van der Waals surface area contributed by atoms with Crippen LogP contribution in [0.25, 0.3) is 0 Å². The number of hydrogen-bond donors (Lipinski definition) is 2. The number of rotatable bonds is 5. The molecule has 25 heavy (non-hydrogen) atoms. The maximum atomic E-state index is 12.4. The van der Waals surface area contributed by atoms with Crippen LogP contribution in [0, 0.1) is 11.8 Å². The lowest BCUT2D eigenvalue weighted by atomic mass is 9.90. The monoisotopic (exact) mass is 389 g/mol. The quantitative estimate of drug-likeness (QED) is 0.802. The van der Waals surface area contributed by atoms with Crippen LogP contribution in [0.1, 0.15) is 44.9 Å². The minimum atomic E-state index is 0. The molecule has 2 N–H and O–H groups in total. The minimum Gasteiger partial charge on any atom is -0.489 e.